The average molecular weight is 225 g/mol. The van der Waals surface area contributed by atoms with Crippen LogP contribution in [-0.2, 0) is 6.54 Å². The number of anilines is 2. The molecule has 0 aliphatic rings. The van der Waals surface area contributed by atoms with E-state index in [1.165, 1.54) is 6.20 Å². The van der Waals surface area contributed by atoms with E-state index in [9.17, 15) is 0 Å². The molecule has 0 aromatic carbocycles. The van der Waals surface area contributed by atoms with Gasteiger partial charge >= 0.3 is 0 Å². The number of nitrogens with zero attached hydrogens (tertiary/aromatic N) is 3. The molecule has 6 nitrogen and oxygen atoms in total. The van der Waals surface area contributed by atoms with Gasteiger partial charge in [0.1, 0.15) is 0 Å². The zero-order valence-electron chi connectivity index (χ0n) is 7.74. The summed E-state index contributed by atoms with van der Waals surface area (Å²) in [4.78, 5) is 7.71. The first kappa shape index (κ1) is 9.72. The highest BCUT2D eigenvalue weighted by molar-refractivity contribution is 6.28. The minimum atomic E-state index is 0.163. The predicted octanol–water partition coefficient (Wildman–Crippen LogP) is 1.05. The van der Waals surface area contributed by atoms with Gasteiger partial charge in [0.25, 0.3) is 0 Å². The molecule has 0 radical (unpaired) electrons. The molecule has 2 aromatic rings. The first-order valence-corrected chi connectivity index (χ1v) is 4.63. The van der Waals surface area contributed by atoms with E-state index in [4.69, 9.17) is 17.3 Å². The van der Waals surface area contributed by atoms with Crippen LogP contribution in [0.3, 0.4) is 0 Å². The van der Waals surface area contributed by atoms with E-state index in [0.717, 1.165) is 5.69 Å². The van der Waals surface area contributed by atoms with Crippen LogP contribution >= 0.6 is 11.6 Å². The Morgan fingerprint density at radius 2 is 2.40 bits per heavy atom. The largest absolute Gasteiger partial charge is 0.394 e. The van der Waals surface area contributed by atoms with Gasteiger partial charge in [-0.1, -0.05) is 0 Å². The Morgan fingerprint density at radius 1 is 1.53 bits per heavy atom. The van der Waals surface area contributed by atoms with Gasteiger partial charge in [-0.2, -0.15) is 10.1 Å². The molecule has 7 heteroatoms. The highest BCUT2D eigenvalue weighted by atomic mass is 35.5. The molecule has 4 N–H and O–H groups in total. The third-order valence-corrected chi connectivity index (χ3v) is 1.97. The van der Waals surface area contributed by atoms with Gasteiger partial charge in [-0.25, -0.2) is 4.98 Å². The first-order chi connectivity index (χ1) is 7.25. The molecule has 2 rings (SSSR count). The SMILES string of the molecule is Nc1cnc(Cl)nc1NCc1ccn[nH]1. The quantitative estimate of drug-likeness (QED) is 0.678. The predicted molar refractivity (Wildman–Crippen MR) is 57.4 cm³/mol. The normalized spacial score (nSPS) is 10.2. The summed E-state index contributed by atoms with van der Waals surface area (Å²) in [6.07, 6.45) is 3.14. The second-order valence-electron chi connectivity index (χ2n) is 2.88. The van der Waals surface area contributed by atoms with Crippen molar-refractivity contribution in [3.63, 3.8) is 0 Å². The van der Waals surface area contributed by atoms with E-state index in [1.54, 1.807) is 6.20 Å². The summed E-state index contributed by atoms with van der Waals surface area (Å²) in [5.74, 6) is 0.518. The lowest BCUT2D eigenvalue weighted by Crippen LogP contribution is -2.05. The fourth-order valence-corrected chi connectivity index (χ4v) is 1.21. The van der Waals surface area contributed by atoms with Crippen LogP contribution < -0.4 is 11.1 Å². The highest BCUT2D eigenvalue weighted by Crippen LogP contribution is 2.16. The minimum absolute atomic E-state index is 0.163. The van der Waals surface area contributed by atoms with Crippen LogP contribution in [0.15, 0.2) is 18.5 Å². The average Bonchev–Trinajstić information content (AvgIpc) is 2.72. The number of rotatable bonds is 3. The van der Waals surface area contributed by atoms with Crippen molar-refractivity contribution in [2.45, 2.75) is 6.54 Å². The number of hydrogen-bond acceptors (Lipinski definition) is 5. The maximum Gasteiger partial charge on any atom is 0.224 e. The molecule has 0 aliphatic carbocycles. The summed E-state index contributed by atoms with van der Waals surface area (Å²) in [6, 6.07) is 1.85. The Balaban J connectivity index is 2.07. The first-order valence-electron chi connectivity index (χ1n) is 4.26. The summed E-state index contributed by atoms with van der Waals surface area (Å²) in [5, 5.41) is 9.82. The topological polar surface area (TPSA) is 92.5 Å². The Hall–Kier alpha value is -1.82. The lowest BCUT2D eigenvalue weighted by Gasteiger charge is -2.06. The Labute approximate surface area is 90.9 Å². The lowest BCUT2D eigenvalue weighted by atomic mass is 10.4. The van der Waals surface area contributed by atoms with Gasteiger partial charge in [0.15, 0.2) is 5.82 Å². The van der Waals surface area contributed by atoms with Crippen molar-refractivity contribution in [3.05, 3.63) is 29.4 Å². The summed E-state index contributed by atoms with van der Waals surface area (Å²) in [5.41, 5.74) is 7.05. The zero-order chi connectivity index (χ0) is 10.7. The molecule has 15 heavy (non-hydrogen) atoms. The third-order valence-electron chi connectivity index (χ3n) is 1.79. The van der Waals surface area contributed by atoms with E-state index in [1.807, 2.05) is 6.07 Å². The monoisotopic (exact) mass is 224 g/mol. The Morgan fingerprint density at radius 3 is 3.13 bits per heavy atom. The molecule has 0 fully saturated rings. The molecule has 0 atom stereocenters. The molecule has 0 saturated carbocycles. The smallest absolute Gasteiger partial charge is 0.224 e. The maximum absolute atomic E-state index is 5.66. The van der Waals surface area contributed by atoms with E-state index < -0.39 is 0 Å². The fraction of sp³-hybridized carbons (Fsp3) is 0.125. The minimum Gasteiger partial charge on any atom is -0.394 e. The summed E-state index contributed by atoms with van der Waals surface area (Å²) in [7, 11) is 0. The molecule has 0 aliphatic heterocycles. The third kappa shape index (κ3) is 2.35. The number of nitrogen functional groups attached to an aromatic ring is 1. The van der Waals surface area contributed by atoms with Crippen molar-refractivity contribution in [1.29, 1.82) is 0 Å². The molecular weight excluding hydrogens is 216 g/mol. The Bertz CT molecular complexity index is 440. The zero-order valence-corrected chi connectivity index (χ0v) is 8.49. The summed E-state index contributed by atoms with van der Waals surface area (Å²) >= 11 is 5.64. The van der Waals surface area contributed by atoms with Gasteiger partial charge in [-0.15, -0.1) is 0 Å². The number of hydrogen-bond donors (Lipinski definition) is 3. The number of nitrogens with one attached hydrogen (secondary N) is 2. The van der Waals surface area contributed by atoms with Crippen LogP contribution in [-0.4, -0.2) is 20.2 Å². The van der Waals surface area contributed by atoms with E-state index in [0.29, 0.717) is 18.1 Å². The Kier molecular flexibility index (Phi) is 2.68. The highest BCUT2D eigenvalue weighted by Gasteiger charge is 2.02. The number of nitrogens with two attached hydrogens (primary N) is 1. The fourth-order valence-electron chi connectivity index (χ4n) is 1.07. The lowest BCUT2D eigenvalue weighted by molar-refractivity contribution is 0.972. The van der Waals surface area contributed by atoms with Gasteiger partial charge in [0.05, 0.1) is 24.1 Å². The van der Waals surface area contributed by atoms with Crippen LogP contribution in [0.25, 0.3) is 0 Å². The van der Waals surface area contributed by atoms with Gasteiger partial charge < -0.3 is 11.1 Å². The van der Waals surface area contributed by atoms with Crippen molar-refractivity contribution in [1.82, 2.24) is 20.2 Å². The van der Waals surface area contributed by atoms with Crippen LogP contribution in [0.4, 0.5) is 11.5 Å². The molecule has 0 saturated heterocycles. The van der Waals surface area contributed by atoms with Gasteiger partial charge in [-0.3, -0.25) is 5.10 Å². The van der Waals surface area contributed by atoms with E-state index in [2.05, 4.69) is 25.5 Å². The van der Waals surface area contributed by atoms with Crippen molar-refractivity contribution in [2.75, 3.05) is 11.1 Å². The molecule has 2 heterocycles. The molecule has 0 unspecified atom stereocenters. The maximum atomic E-state index is 5.66. The summed E-state index contributed by atoms with van der Waals surface area (Å²) in [6.45, 7) is 0.553. The standard InChI is InChI=1S/C8H9ClN6/c9-8-12-4-6(10)7(14-8)11-3-5-1-2-13-15-5/h1-2,4H,3,10H2,(H,13,15)(H,11,12,14). The number of aromatic nitrogens is 4. The number of aromatic amines is 1. The van der Waals surface area contributed by atoms with Crippen LogP contribution in [0.1, 0.15) is 5.69 Å². The van der Waals surface area contributed by atoms with Crippen molar-refractivity contribution in [3.8, 4) is 0 Å². The van der Waals surface area contributed by atoms with Crippen LogP contribution in [0.5, 0.6) is 0 Å². The molecule has 78 valence electrons. The van der Waals surface area contributed by atoms with Crippen molar-refractivity contribution >= 4 is 23.1 Å². The summed E-state index contributed by atoms with van der Waals surface area (Å²) < 4.78 is 0. The van der Waals surface area contributed by atoms with Crippen molar-refractivity contribution < 1.29 is 0 Å². The van der Waals surface area contributed by atoms with Crippen LogP contribution in [0, 0.1) is 0 Å². The van der Waals surface area contributed by atoms with Crippen molar-refractivity contribution in [2.24, 2.45) is 0 Å². The second kappa shape index (κ2) is 4.14. The van der Waals surface area contributed by atoms with Crippen LogP contribution in [0.2, 0.25) is 5.28 Å². The van der Waals surface area contributed by atoms with Gasteiger partial charge in [0.2, 0.25) is 5.28 Å². The number of H-pyrrole nitrogens is 1. The van der Waals surface area contributed by atoms with E-state index >= 15 is 0 Å². The second-order valence-corrected chi connectivity index (χ2v) is 3.22. The molecule has 0 amide bonds. The van der Waals surface area contributed by atoms with Gasteiger partial charge in [0, 0.05) is 6.20 Å². The molecule has 2 aromatic heterocycles. The van der Waals surface area contributed by atoms with E-state index in [-0.39, 0.29) is 5.28 Å². The molecule has 0 spiro atoms. The van der Waals surface area contributed by atoms with Gasteiger partial charge in [-0.05, 0) is 17.7 Å². The molecular formula is C8H9ClN6. The molecule has 0 bridgehead atoms. The number of halogens is 1.